The summed E-state index contributed by atoms with van der Waals surface area (Å²) < 4.78 is 6.13. The quantitative estimate of drug-likeness (QED) is 0.919. The van der Waals surface area contributed by atoms with E-state index in [9.17, 15) is 9.90 Å². The lowest BCUT2D eigenvalue weighted by molar-refractivity contribution is -0.0478. The fraction of sp³-hybridized carbons (Fsp3) is 0.556. The van der Waals surface area contributed by atoms with E-state index in [1.807, 2.05) is 12.1 Å². The number of carboxylic acid groups (broad SMARTS) is 1. The molecule has 2 heterocycles. The minimum Gasteiger partial charge on any atom is -0.475 e. The summed E-state index contributed by atoms with van der Waals surface area (Å²) in [5.41, 5.74) is 0.622. The summed E-state index contributed by atoms with van der Waals surface area (Å²) in [6, 6.07) is 9.29. The Morgan fingerprint density at radius 1 is 1.29 bits per heavy atom. The van der Waals surface area contributed by atoms with Crippen molar-refractivity contribution >= 4 is 6.09 Å². The summed E-state index contributed by atoms with van der Waals surface area (Å²) in [6.07, 6.45) is 1.15. The summed E-state index contributed by atoms with van der Waals surface area (Å²) in [5.74, 6) is 1.53. The van der Waals surface area contributed by atoms with Crippen LogP contribution in [0.25, 0.3) is 0 Å². The van der Waals surface area contributed by atoms with Crippen LogP contribution in [-0.2, 0) is 0 Å². The molecular weight excluding hydrogens is 306 g/mol. The zero-order valence-corrected chi connectivity index (χ0v) is 13.9. The lowest BCUT2D eigenvalue weighted by Crippen LogP contribution is -2.56. The third-order valence-electron chi connectivity index (χ3n) is 4.89. The number of nitrogens with zero attached hydrogens (tertiary/aromatic N) is 3. The number of ether oxygens (including phenoxy) is 1. The van der Waals surface area contributed by atoms with E-state index in [1.165, 1.54) is 0 Å². The first-order chi connectivity index (χ1) is 11.6. The van der Waals surface area contributed by atoms with Crippen LogP contribution in [0.4, 0.5) is 4.79 Å². The minimum atomic E-state index is -0.806. The van der Waals surface area contributed by atoms with E-state index >= 15 is 0 Å². The highest BCUT2D eigenvalue weighted by molar-refractivity contribution is 5.65. The van der Waals surface area contributed by atoms with Crippen LogP contribution < -0.4 is 4.74 Å². The van der Waals surface area contributed by atoms with Crippen molar-refractivity contribution < 1.29 is 14.6 Å². The summed E-state index contributed by atoms with van der Waals surface area (Å²) in [7, 11) is 0. The number of hydrogen-bond donors (Lipinski definition) is 1. The first-order valence-electron chi connectivity index (χ1n) is 8.47. The van der Waals surface area contributed by atoms with Gasteiger partial charge in [-0.3, -0.25) is 4.90 Å². The van der Waals surface area contributed by atoms with Crippen LogP contribution >= 0.6 is 0 Å². The SMILES string of the molecule is CCC(Oc1ccc(C#N)cc1)N1CC2CC(CN(C(=O)O)C2)C1. The Bertz CT molecular complexity index is 611. The molecule has 2 bridgehead atoms. The van der Waals surface area contributed by atoms with Gasteiger partial charge in [0.05, 0.1) is 11.6 Å². The van der Waals surface area contributed by atoms with Crippen molar-refractivity contribution in [2.75, 3.05) is 26.2 Å². The normalized spacial score (nSPS) is 24.9. The molecule has 0 aliphatic carbocycles. The molecule has 6 heteroatoms. The van der Waals surface area contributed by atoms with Gasteiger partial charge in [-0.2, -0.15) is 5.26 Å². The average molecular weight is 329 g/mol. The van der Waals surface area contributed by atoms with Gasteiger partial charge in [0.1, 0.15) is 5.75 Å². The fourth-order valence-corrected chi connectivity index (χ4v) is 3.89. The Labute approximate surface area is 142 Å². The molecule has 3 unspecified atom stereocenters. The number of rotatable bonds is 4. The summed E-state index contributed by atoms with van der Waals surface area (Å²) >= 11 is 0. The van der Waals surface area contributed by atoms with Crippen LogP contribution in [0.1, 0.15) is 25.3 Å². The Balaban J connectivity index is 1.64. The van der Waals surface area contributed by atoms with Gasteiger partial charge in [0.15, 0.2) is 6.23 Å². The molecule has 2 fully saturated rings. The molecule has 1 aromatic rings. The third-order valence-corrected chi connectivity index (χ3v) is 4.89. The molecule has 3 atom stereocenters. The van der Waals surface area contributed by atoms with Gasteiger partial charge in [0, 0.05) is 26.2 Å². The number of fused-ring (bicyclic) bond motifs is 2. The number of carbonyl (C=O) groups is 1. The number of amides is 1. The van der Waals surface area contributed by atoms with Crippen LogP contribution in [0.3, 0.4) is 0 Å². The molecular formula is C18H23N3O3. The van der Waals surface area contributed by atoms with E-state index in [2.05, 4.69) is 17.9 Å². The third kappa shape index (κ3) is 3.62. The Morgan fingerprint density at radius 3 is 2.42 bits per heavy atom. The number of likely N-dealkylation sites (tertiary alicyclic amines) is 2. The van der Waals surface area contributed by atoms with Crippen LogP contribution in [0, 0.1) is 23.2 Å². The molecule has 2 saturated heterocycles. The fourth-order valence-electron chi connectivity index (χ4n) is 3.89. The summed E-state index contributed by atoms with van der Waals surface area (Å²) in [6.45, 7) is 5.08. The zero-order valence-electron chi connectivity index (χ0n) is 13.9. The molecule has 1 aromatic carbocycles. The van der Waals surface area contributed by atoms with Crippen molar-refractivity contribution in [1.29, 1.82) is 5.26 Å². The van der Waals surface area contributed by atoms with Crippen LogP contribution in [-0.4, -0.2) is 53.4 Å². The molecule has 128 valence electrons. The van der Waals surface area contributed by atoms with E-state index in [-0.39, 0.29) is 6.23 Å². The van der Waals surface area contributed by atoms with E-state index < -0.39 is 6.09 Å². The molecule has 0 radical (unpaired) electrons. The Morgan fingerprint density at radius 2 is 1.92 bits per heavy atom. The maximum absolute atomic E-state index is 11.2. The number of hydrogen-bond acceptors (Lipinski definition) is 4. The molecule has 1 amide bonds. The van der Waals surface area contributed by atoms with Crippen LogP contribution in [0.5, 0.6) is 5.75 Å². The highest BCUT2D eigenvalue weighted by Crippen LogP contribution is 2.30. The monoisotopic (exact) mass is 329 g/mol. The molecule has 0 spiro atoms. The van der Waals surface area contributed by atoms with Gasteiger partial charge in [0.2, 0.25) is 0 Å². The van der Waals surface area contributed by atoms with Crippen molar-refractivity contribution in [2.45, 2.75) is 26.0 Å². The molecule has 6 nitrogen and oxygen atoms in total. The van der Waals surface area contributed by atoms with Crippen LogP contribution in [0.2, 0.25) is 0 Å². The van der Waals surface area contributed by atoms with E-state index in [4.69, 9.17) is 10.00 Å². The van der Waals surface area contributed by atoms with Gasteiger partial charge < -0.3 is 14.7 Å². The topological polar surface area (TPSA) is 76.8 Å². The van der Waals surface area contributed by atoms with Gasteiger partial charge in [-0.05, 0) is 48.9 Å². The zero-order chi connectivity index (χ0) is 17.1. The average Bonchev–Trinajstić information content (AvgIpc) is 2.59. The highest BCUT2D eigenvalue weighted by atomic mass is 16.5. The number of nitriles is 1. The summed E-state index contributed by atoms with van der Waals surface area (Å²) in [4.78, 5) is 15.1. The predicted molar refractivity (Wildman–Crippen MR) is 88.6 cm³/mol. The second-order valence-corrected chi connectivity index (χ2v) is 6.73. The van der Waals surface area contributed by atoms with Crippen molar-refractivity contribution in [3.8, 4) is 11.8 Å². The van der Waals surface area contributed by atoms with Gasteiger partial charge in [0.25, 0.3) is 0 Å². The number of benzene rings is 1. The van der Waals surface area contributed by atoms with Crippen molar-refractivity contribution in [3.63, 3.8) is 0 Å². The van der Waals surface area contributed by atoms with E-state index in [1.54, 1.807) is 17.0 Å². The lowest BCUT2D eigenvalue weighted by Gasteiger charge is -2.47. The van der Waals surface area contributed by atoms with Gasteiger partial charge in [-0.15, -0.1) is 0 Å². The van der Waals surface area contributed by atoms with Gasteiger partial charge in [-0.1, -0.05) is 6.92 Å². The smallest absolute Gasteiger partial charge is 0.407 e. The second-order valence-electron chi connectivity index (χ2n) is 6.73. The molecule has 1 N–H and O–H groups in total. The molecule has 2 aliphatic heterocycles. The maximum Gasteiger partial charge on any atom is 0.407 e. The maximum atomic E-state index is 11.2. The predicted octanol–water partition coefficient (Wildman–Crippen LogP) is 2.60. The molecule has 0 aromatic heterocycles. The first-order valence-corrected chi connectivity index (χ1v) is 8.47. The molecule has 24 heavy (non-hydrogen) atoms. The Hall–Kier alpha value is -2.26. The minimum absolute atomic E-state index is 0.0142. The van der Waals surface area contributed by atoms with Crippen molar-refractivity contribution in [3.05, 3.63) is 29.8 Å². The molecule has 0 saturated carbocycles. The van der Waals surface area contributed by atoms with Crippen molar-refractivity contribution in [1.82, 2.24) is 9.80 Å². The highest BCUT2D eigenvalue weighted by Gasteiger charge is 2.38. The Kier molecular flexibility index (Phi) is 4.91. The van der Waals surface area contributed by atoms with E-state index in [0.29, 0.717) is 30.5 Å². The van der Waals surface area contributed by atoms with Gasteiger partial charge >= 0.3 is 6.09 Å². The largest absolute Gasteiger partial charge is 0.475 e. The second kappa shape index (κ2) is 7.10. The first kappa shape index (κ1) is 16.6. The van der Waals surface area contributed by atoms with Gasteiger partial charge in [-0.25, -0.2) is 4.79 Å². The van der Waals surface area contributed by atoms with Crippen LogP contribution in [0.15, 0.2) is 24.3 Å². The van der Waals surface area contributed by atoms with Crippen molar-refractivity contribution in [2.24, 2.45) is 11.8 Å². The lowest BCUT2D eigenvalue weighted by atomic mass is 9.84. The summed E-state index contributed by atoms with van der Waals surface area (Å²) in [5, 5.41) is 18.1. The standard InChI is InChI=1S/C18H23N3O3/c1-2-17(24-16-5-3-13(8-19)4-6-16)20-9-14-7-15(10-20)12-21(11-14)18(22)23/h3-6,14-15,17H,2,7,9-12H2,1H3,(H,22,23). The molecule has 3 rings (SSSR count). The molecule has 2 aliphatic rings. The van der Waals surface area contributed by atoms with E-state index in [0.717, 1.165) is 31.7 Å². The number of piperidine rings is 2.